The van der Waals surface area contributed by atoms with E-state index in [2.05, 4.69) is 0 Å². The predicted molar refractivity (Wildman–Crippen MR) is 108 cm³/mol. The van der Waals surface area contributed by atoms with E-state index in [0.29, 0.717) is 10.1 Å². The lowest BCUT2D eigenvalue weighted by Crippen LogP contribution is -2.30. The smallest absolute Gasteiger partial charge is 0.267 e. The van der Waals surface area contributed by atoms with Gasteiger partial charge in [-0.15, -0.1) is 11.3 Å². The molecule has 0 atom stereocenters. The summed E-state index contributed by atoms with van der Waals surface area (Å²) in [6.45, 7) is 5.52. The summed E-state index contributed by atoms with van der Waals surface area (Å²) < 4.78 is 15.9. The quantitative estimate of drug-likeness (QED) is 0.677. The van der Waals surface area contributed by atoms with Crippen LogP contribution in [0.15, 0.2) is 41.2 Å². The molecule has 0 bridgehead atoms. The molecule has 3 aromatic rings. The van der Waals surface area contributed by atoms with E-state index < -0.39 is 11.4 Å². The van der Waals surface area contributed by atoms with Crippen molar-refractivity contribution in [1.82, 2.24) is 4.57 Å². The van der Waals surface area contributed by atoms with Gasteiger partial charge in [-0.2, -0.15) is 10.5 Å². The van der Waals surface area contributed by atoms with Crippen molar-refractivity contribution in [3.63, 3.8) is 0 Å². The van der Waals surface area contributed by atoms with Crippen molar-refractivity contribution in [3.05, 3.63) is 84.0 Å². The van der Waals surface area contributed by atoms with E-state index in [1.165, 1.54) is 10.6 Å². The fourth-order valence-electron chi connectivity index (χ4n) is 2.78. The van der Waals surface area contributed by atoms with Crippen LogP contribution < -0.4 is 14.8 Å². The highest BCUT2D eigenvalue weighted by Crippen LogP contribution is 2.13. The van der Waals surface area contributed by atoms with Crippen molar-refractivity contribution in [2.45, 2.75) is 20.8 Å². The summed E-state index contributed by atoms with van der Waals surface area (Å²) in [4.78, 5) is 13.1. The number of hydrogen-bond acceptors (Lipinski definition) is 4. The van der Waals surface area contributed by atoms with Crippen LogP contribution in [0.3, 0.4) is 0 Å². The molecule has 0 spiro atoms. The number of hydrogen-bond donors (Lipinski definition) is 0. The summed E-state index contributed by atoms with van der Waals surface area (Å²) >= 11 is 1.05. The predicted octanol–water partition coefficient (Wildman–Crippen LogP) is 2.99. The van der Waals surface area contributed by atoms with E-state index in [4.69, 9.17) is 0 Å². The van der Waals surface area contributed by atoms with Crippen LogP contribution in [-0.4, -0.2) is 4.57 Å². The molecule has 0 amide bonds. The molecule has 0 aliphatic rings. The first-order valence-corrected chi connectivity index (χ1v) is 9.29. The number of rotatable bonds is 2. The number of nitrogens with zero attached hydrogens (tertiary/aromatic N) is 3. The lowest BCUT2D eigenvalue weighted by atomic mass is 10.1. The van der Waals surface area contributed by atoms with E-state index in [9.17, 15) is 19.7 Å². The molecule has 6 heteroatoms. The summed E-state index contributed by atoms with van der Waals surface area (Å²) in [5.41, 5.74) is 3.07. The second-order valence-corrected chi connectivity index (χ2v) is 7.48. The molecule has 138 valence electrons. The maximum Gasteiger partial charge on any atom is 0.273 e. The molecule has 4 nitrogen and oxygen atoms in total. The Bertz CT molecular complexity index is 1330. The van der Waals surface area contributed by atoms with Gasteiger partial charge in [-0.05, 0) is 55.7 Å². The highest BCUT2D eigenvalue weighted by atomic mass is 32.1. The Morgan fingerprint density at radius 2 is 1.75 bits per heavy atom. The van der Waals surface area contributed by atoms with Crippen LogP contribution in [0, 0.1) is 49.3 Å². The van der Waals surface area contributed by atoms with Crippen molar-refractivity contribution < 1.29 is 4.39 Å². The summed E-state index contributed by atoms with van der Waals surface area (Å²) in [6, 6.07) is 14.0. The van der Waals surface area contributed by atoms with E-state index in [0.717, 1.165) is 28.0 Å². The molecule has 1 heterocycles. The molecule has 0 unspecified atom stereocenters. The summed E-state index contributed by atoms with van der Waals surface area (Å²) in [7, 11) is 0. The van der Waals surface area contributed by atoms with E-state index in [-0.39, 0.29) is 15.9 Å². The minimum atomic E-state index is -0.461. The van der Waals surface area contributed by atoms with Gasteiger partial charge < -0.3 is 0 Å². The number of aryl methyl sites for hydroxylation is 3. The number of aromatic nitrogens is 1. The Morgan fingerprint density at radius 3 is 2.39 bits per heavy atom. The summed E-state index contributed by atoms with van der Waals surface area (Å²) in [5.74, 6) is -0.461. The largest absolute Gasteiger partial charge is 0.273 e. The van der Waals surface area contributed by atoms with Crippen molar-refractivity contribution in [1.29, 1.82) is 10.5 Å². The average molecular weight is 389 g/mol. The molecule has 3 rings (SSSR count). The van der Waals surface area contributed by atoms with Gasteiger partial charge in [0.1, 0.15) is 22.6 Å². The monoisotopic (exact) mass is 389 g/mol. The van der Waals surface area contributed by atoms with Crippen molar-refractivity contribution in [2.24, 2.45) is 0 Å². The van der Waals surface area contributed by atoms with Crippen LogP contribution in [0.25, 0.3) is 17.3 Å². The van der Waals surface area contributed by atoms with Gasteiger partial charge in [0.05, 0.1) is 10.2 Å². The van der Waals surface area contributed by atoms with Gasteiger partial charge in [0, 0.05) is 0 Å². The highest BCUT2D eigenvalue weighted by molar-refractivity contribution is 7.07. The van der Waals surface area contributed by atoms with E-state index in [1.54, 1.807) is 25.1 Å². The van der Waals surface area contributed by atoms with Gasteiger partial charge >= 0.3 is 0 Å². The molecular formula is C22H16FN3OS. The number of benzene rings is 2. The van der Waals surface area contributed by atoms with Gasteiger partial charge in [-0.25, -0.2) is 4.39 Å². The lowest BCUT2D eigenvalue weighted by molar-refractivity contribution is 0.617. The van der Waals surface area contributed by atoms with Crippen LogP contribution >= 0.6 is 11.3 Å². The second-order valence-electron chi connectivity index (χ2n) is 6.45. The van der Waals surface area contributed by atoms with Crippen LogP contribution in [0.4, 0.5) is 4.39 Å². The summed E-state index contributed by atoms with van der Waals surface area (Å²) in [5, 5.41) is 18.6. The normalized spacial score (nSPS) is 11.1. The molecule has 0 N–H and O–H groups in total. The first kappa shape index (κ1) is 19.3. The Hall–Kier alpha value is -3.48. The van der Waals surface area contributed by atoms with Crippen molar-refractivity contribution >= 4 is 23.0 Å². The molecule has 0 radical (unpaired) electrons. The molecule has 0 aliphatic heterocycles. The minimum absolute atomic E-state index is 0.190. The molecular weight excluding hydrogens is 373 g/mol. The second kappa shape index (κ2) is 7.64. The van der Waals surface area contributed by atoms with Gasteiger partial charge in [0.15, 0.2) is 5.57 Å². The lowest BCUT2D eigenvalue weighted by Gasteiger charge is -2.04. The fourth-order valence-corrected chi connectivity index (χ4v) is 3.83. The fraction of sp³-hybridized carbons (Fsp3) is 0.136. The molecule has 28 heavy (non-hydrogen) atoms. The standard InChI is InChI=1S/C22H16FN3OS/c1-13-4-5-14(2)16(8-13)9-20-21(27)26(22(28-20)17(11-24)12-25)18-7-6-15(3)19(23)10-18/h4-10H,1-3H3/b20-9-. The van der Waals surface area contributed by atoms with Crippen LogP contribution in [0.2, 0.25) is 0 Å². The van der Waals surface area contributed by atoms with Crippen molar-refractivity contribution in [2.75, 3.05) is 0 Å². The zero-order valence-corrected chi connectivity index (χ0v) is 16.4. The highest BCUT2D eigenvalue weighted by Gasteiger charge is 2.13. The van der Waals surface area contributed by atoms with E-state index >= 15 is 0 Å². The maximum absolute atomic E-state index is 14.1. The molecule has 0 saturated carbocycles. The Morgan fingerprint density at radius 1 is 1.07 bits per heavy atom. The Labute approximate surface area is 165 Å². The topological polar surface area (TPSA) is 69.6 Å². The zero-order chi connectivity index (χ0) is 20.4. The third-order valence-electron chi connectivity index (χ3n) is 4.40. The van der Waals surface area contributed by atoms with Gasteiger partial charge in [0.2, 0.25) is 0 Å². The number of halogens is 1. The number of nitriles is 2. The molecule has 0 aliphatic carbocycles. The van der Waals surface area contributed by atoms with Gasteiger partial charge in [-0.3, -0.25) is 9.36 Å². The van der Waals surface area contributed by atoms with Crippen LogP contribution in [-0.2, 0) is 0 Å². The summed E-state index contributed by atoms with van der Waals surface area (Å²) in [6.07, 6.45) is 1.74. The Balaban J connectivity index is 2.43. The Kier molecular flexibility index (Phi) is 5.26. The van der Waals surface area contributed by atoms with Gasteiger partial charge in [-0.1, -0.05) is 29.8 Å². The third kappa shape index (κ3) is 3.51. The molecule has 1 aromatic heterocycles. The van der Waals surface area contributed by atoms with Crippen LogP contribution in [0.5, 0.6) is 0 Å². The first-order chi connectivity index (χ1) is 13.3. The minimum Gasteiger partial charge on any atom is -0.267 e. The number of thiazole rings is 1. The third-order valence-corrected chi connectivity index (χ3v) is 5.49. The van der Waals surface area contributed by atoms with Crippen molar-refractivity contribution in [3.8, 4) is 17.8 Å². The van der Waals surface area contributed by atoms with Crippen LogP contribution in [0.1, 0.15) is 22.3 Å². The zero-order valence-electron chi connectivity index (χ0n) is 15.6. The molecule has 2 aromatic carbocycles. The first-order valence-electron chi connectivity index (χ1n) is 8.47. The van der Waals surface area contributed by atoms with E-state index in [1.807, 2.05) is 44.2 Å². The molecule has 0 saturated heterocycles. The SMILES string of the molecule is Cc1ccc(C)c(/C=c2\sc(=C(C#N)C#N)n(-c3ccc(C)c(F)c3)c2=O)c1. The average Bonchev–Trinajstić information content (AvgIpc) is 2.98. The molecule has 0 fully saturated rings. The maximum atomic E-state index is 14.1. The van der Waals surface area contributed by atoms with Gasteiger partial charge in [0.25, 0.3) is 5.56 Å².